The largest absolute Gasteiger partial charge is 0.375 e. The Morgan fingerprint density at radius 3 is 2.62 bits per heavy atom. The van der Waals surface area contributed by atoms with Crippen LogP contribution in [-0.4, -0.2) is 20.7 Å². The van der Waals surface area contributed by atoms with Gasteiger partial charge in [0.25, 0.3) is 0 Å². The van der Waals surface area contributed by atoms with Crippen LogP contribution in [0.2, 0.25) is 0 Å². The number of aryl methyl sites for hydroxylation is 1. The van der Waals surface area contributed by atoms with Crippen molar-refractivity contribution in [1.29, 1.82) is 0 Å². The maximum atomic E-state index is 5.40. The number of nitrogens with one attached hydrogen (secondary N) is 1. The molecular weight excluding hydrogens is 162 g/mol. The van der Waals surface area contributed by atoms with E-state index in [2.05, 4.69) is 24.4 Å². The predicted molar refractivity (Wildman–Crippen MR) is 54.9 cm³/mol. The predicted octanol–water partition coefficient (Wildman–Crippen LogP) is 1.90. The summed E-state index contributed by atoms with van der Waals surface area (Å²) in [5.74, 6) is 0. The van der Waals surface area contributed by atoms with Gasteiger partial charge < -0.3 is 10.1 Å². The van der Waals surface area contributed by atoms with Crippen LogP contribution in [0.3, 0.4) is 0 Å². The molecule has 13 heavy (non-hydrogen) atoms. The van der Waals surface area contributed by atoms with Crippen molar-refractivity contribution in [2.75, 3.05) is 20.7 Å². The van der Waals surface area contributed by atoms with E-state index >= 15 is 0 Å². The highest BCUT2D eigenvalue weighted by Crippen LogP contribution is 2.19. The van der Waals surface area contributed by atoms with Gasteiger partial charge in [0.05, 0.1) is 6.10 Å². The fraction of sp³-hybridized carbons (Fsp3) is 0.455. The summed E-state index contributed by atoms with van der Waals surface area (Å²) in [4.78, 5) is 0. The molecule has 0 saturated carbocycles. The maximum absolute atomic E-state index is 5.40. The third-order valence-electron chi connectivity index (χ3n) is 2.21. The molecule has 0 aromatic heterocycles. The van der Waals surface area contributed by atoms with E-state index in [0.717, 1.165) is 6.54 Å². The summed E-state index contributed by atoms with van der Waals surface area (Å²) in [5.41, 5.74) is 2.55. The van der Waals surface area contributed by atoms with Crippen molar-refractivity contribution < 1.29 is 4.74 Å². The lowest BCUT2D eigenvalue weighted by Gasteiger charge is -2.17. The second kappa shape index (κ2) is 5.00. The first kappa shape index (κ1) is 10.2. The minimum absolute atomic E-state index is 0.159. The van der Waals surface area contributed by atoms with E-state index in [1.54, 1.807) is 7.11 Å². The summed E-state index contributed by atoms with van der Waals surface area (Å²) < 4.78 is 5.40. The zero-order valence-corrected chi connectivity index (χ0v) is 8.50. The first-order chi connectivity index (χ1) is 6.29. The second-order valence-corrected chi connectivity index (χ2v) is 3.14. The van der Waals surface area contributed by atoms with Gasteiger partial charge in [-0.15, -0.1) is 0 Å². The van der Waals surface area contributed by atoms with Gasteiger partial charge in [0.15, 0.2) is 0 Å². The molecule has 0 saturated heterocycles. The van der Waals surface area contributed by atoms with Crippen molar-refractivity contribution >= 4 is 0 Å². The van der Waals surface area contributed by atoms with E-state index in [0.29, 0.717) is 0 Å². The average Bonchev–Trinajstić information content (AvgIpc) is 2.16. The molecule has 1 rings (SSSR count). The van der Waals surface area contributed by atoms with E-state index in [-0.39, 0.29) is 6.10 Å². The first-order valence-corrected chi connectivity index (χ1v) is 4.52. The van der Waals surface area contributed by atoms with Gasteiger partial charge in [0.2, 0.25) is 0 Å². The van der Waals surface area contributed by atoms with Gasteiger partial charge in [0.1, 0.15) is 0 Å². The lowest BCUT2D eigenvalue weighted by molar-refractivity contribution is 0.104. The zero-order valence-electron chi connectivity index (χ0n) is 8.50. The van der Waals surface area contributed by atoms with Gasteiger partial charge in [-0.05, 0) is 25.1 Å². The molecule has 1 N–H and O–H groups in total. The highest BCUT2D eigenvalue weighted by atomic mass is 16.5. The summed E-state index contributed by atoms with van der Waals surface area (Å²) >= 11 is 0. The molecule has 72 valence electrons. The van der Waals surface area contributed by atoms with Crippen molar-refractivity contribution in [2.45, 2.75) is 13.0 Å². The van der Waals surface area contributed by atoms with Crippen molar-refractivity contribution in [3.05, 3.63) is 35.4 Å². The van der Waals surface area contributed by atoms with Crippen molar-refractivity contribution in [3.63, 3.8) is 0 Å². The highest BCUT2D eigenvalue weighted by molar-refractivity contribution is 5.27. The molecule has 0 aliphatic heterocycles. The van der Waals surface area contributed by atoms with E-state index in [4.69, 9.17) is 4.74 Å². The minimum atomic E-state index is 0.159. The Kier molecular flexibility index (Phi) is 3.93. The van der Waals surface area contributed by atoms with E-state index in [1.807, 2.05) is 19.2 Å². The Bertz CT molecular complexity index is 260. The number of likely N-dealkylation sites (N-methyl/N-ethyl adjacent to an activating group) is 1. The van der Waals surface area contributed by atoms with Crippen LogP contribution in [0.15, 0.2) is 24.3 Å². The van der Waals surface area contributed by atoms with E-state index in [9.17, 15) is 0 Å². The zero-order chi connectivity index (χ0) is 9.68. The molecule has 1 atom stereocenters. The lowest BCUT2D eigenvalue weighted by Crippen LogP contribution is -2.19. The number of benzene rings is 1. The average molecular weight is 179 g/mol. The van der Waals surface area contributed by atoms with Gasteiger partial charge in [-0.3, -0.25) is 0 Å². The van der Waals surface area contributed by atoms with Crippen LogP contribution in [0.25, 0.3) is 0 Å². The molecule has 2 nitrogen and oxygen atoms in total. The fourth-order valence-corrected chi connectivity index (χ4v) is 1.45. The summed E-state index contributed by atoms with van der Waals surface area (Å²) in [7, 11) is 3.68. The molecular formula is C11H17NO. The van der Waals surface area contributed by atoms with Crippen LogP contribution < -0.4 is 5.32 Å². The molecule has 0 fully saturated rings. The van der Waals surface area contributed by atoms with Crippen molar-refractivity contribution in [3.8, 4) is 0 Å². The van der Waals surface area contributed by atoms with Crippen LogP contribution in [-0.2, 0) is 4.74 Å². The Labute approximate surface area is 79.9 Å². The molecule has 1 unspecified atom stereocenters. The molecule has 1 aromatic carbocycles. The molecule has 0 aliphatic carbocycles. The smallest absolute Gasteiger partial charge is 0.0947 e. The summed E-state index contributed by atoms with van der Waals surface area (Å²) in [6, 6.07) is 8.31. The Morgan fingerprint density at radius 2 is 2.08 bits per heavy atom. The fourth-order valence-electron chi connectivity index (χ4n) is 1.45. The standard InChI is InChI=1S/C11H17NO/c1-9-6-4-5-7-10(9)11(13-3)8-12-2/h4-7,11-12H,8H2,1-3H3. The quantitative estimate of drug-likeness (QED) is 0.762. The summed E-state index contributed by atoms with van der Waals surface area (Å²) in [6.07, 6.45) is 0.159. The SMILES string of the molecule is CNCC(OC)c1ccccc1C. The Hall–Kier alpha value is -0.860. The van der Waals surface area contributed by atoms with E-state index < -0.39 is 0 Å². The second-order valence-electron chi connectivity index (χ2n) is 3.14. The number of ether oxygens (including phenoxy) is 1. The number of hydrogen-bond acceptors (Lipinski definition) is 2. The monoisotopic (exact) mass is 179 g/mol. The van der Waals surface area contributed by atoms with Crippen LogP contribution in [0.5, 0.6) is 0 Å². The van der Waals surface area contributed by atoms with Gasteiger partial charge >= 0.3 is 0 Å². The maximum Gasteiger partial charge on any atom is 0.0947 e. The number of rotatable bonds is 4. The van der Waals surface area contributed by atoms with Crippen molar-refractivity contribution in [2.24, 2.45) is 0 Å². The highest BCUT2D eigenvalue weighted by Gasteiger charge is 2.10. The van der Waals surface area contributed by atoms with Crippen LogP contribution in [0.1, 0.15) is 17.2 Å². The van der Waals surface area contributed by atoms with Crippen molar-refractivity contribution in [1.82, 2.24) is 5.32 Å². The van der Waals surface area contributed by atoms with Gasteiger partial charge in [-0.1, -0.05) is 24.3 Å². The topological polar surface area (TPSA) is 21.3 Å². The summed E-state index contributed by atoms with van der Waals surface area (Å²) in [5, 5.41) is 3.12. The third-order valence-corrected chi connectivity index (χ3v) is 2.21. The van der Waals surface area contributed by atoms with Crippen LogP contribution in [0.4, 0.5) is 0 Å². The van der Waals surface area contributed by atoms with Gasteiger partial charge in [-0.2, -0.15) is 0 Å². The molecule has 2 heteroatoms. The molecule has 0 bridgehead atoms. The molecule has 0 aliphatic rings. The molecule has 0 heterocycles. The molecule has 0 spiro atoms. The molecule has 1 aromatic rings. The van der Waals surface area contributed by atoms with Crippen LogP contribution >= 0.6 is 0 Å². The lowest BCUT2D eigenvalue weighted by atomic mass is 10.0. The van der Waals surface area contributed by atoms with Crippen LogP contribution in [0, 0.1) is 6.92 Å². The summed E-state index contributed by atoms with van der Waals surface area (Å²) in [6.45, 7) is 2.96. The third kappa shape index (κ3) is 2.54. The molecule has 0 amide bonds. The minimum Gasteiger partial charge on any atom is -0.375 e. The van der Waals surface area contributed by atoms with Gasteiger partial charge in [-0.25, -0.2) is 0 Å². The Balaban J connectivity index is 2.84. The normalized spacial score (nSPS) is 12.8. The number of hydrogen-bond donors (Lipinski definition) is 1. The Morgan fingerprint density at radius 1 is 1.38 bits per heavy atom. The number of methoxy groups -OCH3 is 1. The first-order valence-electron chi connectivity index (χ1n) is 4.52. The van der Waals surface area contributed by atoms with Gasteiger partial charge in [0, 0.05) is 13.7 Å². The molecule has 0 radical (unpaired) electrons. The van der Waals surface area contributed by atoms with E-state index in [1.165, 1.54) is 11.1 Å².